The van der Waals surface area contributed by atoms with Crippen LogP contribution in [0.25, 0.3) is 0 Å². The number of nitrogens with one attached hydrogen (secondary N) is 1. The number of aromatic nitrogens is 3. The molecule has 0 radical (unpaired) electrons. The zero-order valence-corrected chi connectivity index (χ0v) is 9.71. The Bertz CT molecular complexity index is 549. The van der Waals surface area contributed by atoms with E-state index in [0.29, 0.717) is 17.3 Å². The number of rotatable bonds is 3. The van der Waals surface area contributed by atoms with Gasteiger partial charge in [0.15, 0.2) is 0 Å². The van der Waals surface area contributed by atoms with E-state index in [2.05, 4.69) is 20.3 Å². The first-order valence-electron chi connectivity index (χ1n) is 5.86. The standard InChI is InChI=1S/C13H12N4O/c18-13(12-5-6-14-8-16-12)17-10-3-4-11(15-7-10)9-1-2-9/h3-9H,1-2H2,(H,17,18). The van der Waals surface area contributed by atoms with Crippen molar-refractivity contribution in [2.24, 2.45) is 0 Å². The number of nitrogens with zero attached hydrogens (tertiary/aromatic N) is 3. The molecule has 5 heteroatoms. The zero-order valence-electron chi connectivity index (χ0n) is 9.71. The summed E-state index contributed by atoms with van der Waals surface area (Å²) in [6, 6.07) is 5.41. The minimum atomic E-state index is -0.252. The van der Waals surface area contributed by atoms with Crippen molar-refractivity contribution in [1.29, 1.82) is 0 Å². The highest BCUT2D eigenvalue weighted by molar-refractivity contribution is 6.02. The Balaban J connectivity index is 1.70. The van der Waals surface area contributed by atoms with E-state index < -0.39 is 0 Å². The summed E-state index contributed by atoms with van der Waals surface area (Å²) in [6.45, 7) is 0. The fourth-order valence-corrected chi connectivity index (χ4v) is 1.72. The molecule has 0 atom stereocenters. The number of hydrogen-bond donors (Lipinski definition) is 1. The normalized spacial score (nSPS) is 14.2. The lowest BCUT2D eigenvalue weighted by molar-refractivity contribution is 0.102. The van der Waals surface area contributed by atoms with Crippen molar-refractivity contribution in [2.45, 2.75) is 18.8 Å². The molecule has 3 rings (SSSR count). The maximum absolute atomic E-state index is 11.8. The van der Waals surface area contributed by atoms with Crippen molar-refractivity contribution in [1.82, 2.24) is 15.0 Å². The Labute approximate surface area is 104 Å². The van der Waals surface area contributed by atoms with Crippen molar-refractivity contribution in [3.8, 4) is 0 Å². The van der Waals surface area contributed by atoms with Crippen LogP contribution in [-0.4, -0.2) is 20.9 Å². The topological polar surface area (TPSA) is 67.8 Å². The Morgan fingerprint density at radius 1 is 1.22 bits per heavy atom. The molecule has 1 amide bonds. The first kappa shape index (κ1) is 10.8. The first-order chi connectivity index (χ1) is 8.83. The van der Waals surface area contributed by atoms with Gasteiger partial charge in [0.2, 0.25) is 0 Å². The first-order valence-corrected chi connectivity index (χ1v) is 5.86. The largest absolute Gasteiger partial charge is 0.319 e. The summed E-state index contributed by atoms with van der Waals surface area (Å²) < 4.78 is 0. The van der Waals surface area contributed by atoms with Crippen molar-refractivity contribution < 1.29 is 4.79 Å². The number of amides is 1. The second-order valence-corrected chi connectivity index (χ2v) is 4.29. The molecule has 0 spiro atoms. The summed E-state index contributed by atoms with van der Waals surface area (Å²) >= 11 is 0. The van der Waals surface area contributed by atoms with Crippen LogP contribution in [0.15, 0.2) is 36.9 Å². The van der Waals surface area contributed by atoms with Gasteiger partial charge in [0.1, 0.15) is 12.0 Å². The molecule has 1 N–H and O–H groups in total. The average molecular weight is 240 g/mol. The van der Waals surface area contributed by atoms with Gasteiger partial charge in [-0.2, -0.15) is 0 Å². The van der Waals surface area contributed by atoms with Crippen LogP contribution in [0.3, 0.4) is 0 Å². The average Bonchev–Trinajstić information content (AvgIpc) is 3.25. The van der Waals surface area contributed by atoms with Gasteiger partial charge in [0.05, 0.1) is 11.9 Å². The maximum Gasteiger partial charge on any atom is 0.274 e. The van der Waals surface area contributed by atoms with Crippen LogP contribution in [-0.2, 0) is 0 Å². The van der Waals surface area contributed by atoms with Crippen LogP contribution in [0.2, 0.25) is 0 Å². The summed E-state index contributed by atoms with van der Waals surface area (Å²) in [4.78, 5) is 23.8. The van der Waals surface area contributed by atoms with Gasteiger partial charge in [-0.25, -0.2) is 9.97 Å². The van der Waals surface area contributed by atoms with Gasteiger partial charge in [-0.1, -0.05) is 0 Å². The molecule has 0 aromatic carbocycles. The fraction of sp³-hybridized carbons (Fsp3) is 0.231. The van der Waals surface area contributed by atoms with Crippen LogP contribution in [0.1, 0.15) is 34.9 Å². The molecular formula is C13H12N4O. The van der Waals surface area contributed by atoms with E-state index in [-0.39, 0.29) is 5.91 Å². The predicted octanol–water partition coefficient (Wildman–Crippen LogP) is 2.00. The molecule has 2 heterocycles. The number of carbonyl (C=O) groups is 1. The van der Waals surface area contributed by atoms with Gasteiger partial charge in [0.25, 0.3) is 5.91 Å². The second kappa shape index (κ2) is 4.52. The van der Waals surface area contributed by atoms with E-state index in [1.54, 1.807) is 12.3 Å². The molecular weight excluding hydrogens is 228 g/mol. The summed E-state index contributed by atoms with van der Waals surface area (Å²) in [7, 11) is 0. The highest BCUT2D eigenvalue weighted by Crippen LogP contribution is 2.38. The molecule has 0 aliphatic heterocycles. The third-order valence-corrected chi connectivity index (χ3v) is 2.85. The van der Waals surface area contributed by atoms with Gasteiger partial charge in [-0.05, 0) is 31.0 Å². The molecule has 18 heavy (non-hydrogen) atoms. The lowest BCUT2D eigenvalue weighted by Gasteiger charge is -2.04. The summed E-state index contributed by atoms with van der Waals surface area (Å²) in [6.07, 6.45) is 7.02. The van der Waals surface area contributed by atoms with Crippen LogP contribution >= 0.6 is 0 Å². The van der Waals surface area contributed by atoms with Crippen molar-refractivity contribution >= 4 is 11.6 Å². The molecule has 90 valence electrons. The van der Waals surface area contributed by atoms with Crippen LogP contribution in [0.5, 0.6) is 0 Å². The SMILES string of the molecule is O=C(Nc1ccc(C2CC2)nc1)c1ccncn1. The molecule has 1 aliphatic rings. The molecule has 0 saturated heterocycles. The molecule has 5 nitrogen and oxygen atoms in total. The Morgan fingerprint density at radius 2 is 2.11 bits per heavy atom. The van der Waals surface area contributed by atoms with Crippen LogP contribution in [0.4, 0.5) is 5.69 Å². The summed E-state index contributed by atoms with van der Waals surface area (Å²) in [5, 5.41) is 2.75. The molecule has 1 saturated carbocycles. The predicted molar refractivity (Wildman–Crippen MR) is 66.2 cm³/mol. The minimum Gasteiger partial charge on any atom is -0.319 e. The van der Waals surface area contributed by atoms with Gasteiger partial charge in [0, 0.05) is 17.8 Å². The number of anilines is 1. The Hall–Kier alpha value is -2.30. The van der Waals surface area contributed by atoms with Crippen molar-refractivity contribution in [2.75, 3.05) is 5.32 Å². The summed E-state index contributed by atoms with van der Waals surface area (Å²) in [5.41, 5.74) is 2.13. The van der Waals surface area contributed by atoms with E-state index in [9.17, 15) is 4.79 Å². The van der Waals surface area contributed by atoms with E-state index in [0.717, 1.165) is 5.69 Å². The monoisotopic (exact) mass is 240 g/mol. The lowest BCUT2D eigenvalue weighted by Crippen LogP contribution is -2.13. The Morgan fingerprint density at radius 3 is 2.72 bits per heavy atom. The summed E-state index contributed by atoms with van der Waals surface area (Å²) in [5.74, 6) is 0.370. The maximum atomic E-state index is 11.8. The molecule has 0 bridgehead atoms. The smallest absolute Gasteiger partial charge is 0.274 e. The molecule has 2 aromatic heterocycles. The van der Waals surface area contributed by atoms with Crippen molar-refractivity contribution in [3.63, 3.8) is 0 Å². The lowest BCUT2D eigenvalue weighted by atomic mass is 10.2. The quantitative estimate of drug-likeness (QED) is 0.891. The third-order valence-electron chi connectivity index (χ3n) is 2.85. The van der Waals surface area contributed by atoms with E-state index in [1.807, 2.05) is 12.1 Å². The number of carbonyl (C=O) groups excluding carboxylic acids is 1. The molecule has 2 aromatic rings. The number of pyridine rings is 1. The second-order valence-electron chi connectivity index (χ2n) is 4.29. The van der Waals surface area contributed by atoms with Gasteiger partial charge >= 0.3 is 0 Å². The van der Waals surface area contributed by atoms with Gasteiger partial charge in [-0.15, -0.1) is 0 Å². The molecule has 0 unspecified atom stereocenters. The molecule has 1 aliphatic carbocycles. The van der Waals surface area contributed by atoms with Crippen LogP contribution in [0, 0.1) is 0 Å². The third kappa shape index (κ3) is 2.34. The van der Waals surface area contributed by atoms with E-state index in [1.165, 1.54) is 25.4 Å². The van der Waals surface area contributed by atoms with Crippen LogP contribution < -0.4 is 5.32 Å². The minimum absolute atomic E-state index is 0.252. The molecule has 1 fully saturated rings. The van der Waals surface area contributed by atoms with Crippen molar-refractivity contribution in [3.05, 3.63) is 48.3 Å². The van der Waals surface area contributed by atoms with Gasteiger partial charge < -0.3 is 5.32 Å². The van der Waals surface area contributed by atoms with E-state index >= 15 is 0 Å². The highest BCUT2D eigenvalue weighted by Gasteiger charge is 2.24. The van der Waals surface area contributed by atoms with E-state index in [4.69, 9.17) is 0 Å². The van der Waals surface area contributed by atoms with Gasteiger partial charge in [-0.3, -0.25) is 9.78 Å². The fourth-order valence-electron chi connectivity index (χ4n) is 1.72. The Kier molecular flexibility index (Phi) is 2.72. The highest BCUT2D eigenvalue weighted by atomic mass is 16.1. The zero-order chi connectivity index (χ0) is 12.4. The number of hydrogen-bond acceptors (Lipinski definition) is 4.